The maximum absolute atomic E-state index is 13.4. The number of benzene rings is 3. The fourth-order valence-corrected chi connectivity index (χ4v) is 4.72. The normalized spacial score (nSPS) is 11.6. The second-order valence-corrected chi connectivity index (χ2v) is 11.4. The summed E-state index contributed by atoms with van der Waals surface area (Å²) in [6.45, 7) is 7.98. The Morgan fingerprint density at radius 3 is 2.51 bits per heavy atom. The molecule has 4 rings (SSSR count). The molecule has 10 heteroatoms. The molecule has 0 aliphatic heterocycles. The summed E-state index contributed by atoms with van der Waals surface area (Å²) in [6, 6.07) is 18.1. The van der Waals surface area contributed by atoms with Crippen molar-refractivity contribution in [3.63, 3.8) is 0 Å². The van der Waals surface area contributed by atoms with E-state index in [0.717, 1.165) is 4.47 Å². The standard InChI is InChI=1S/C29H28Br2N4O4/c1-5-38-24-14-18(13-22(31)26(24)39-17-25(36)33-20-9-7-6-8-10-20)16-32-35-27(37)21-15-19(30)11-12-23(21)34-28(35)29(2,3)4/h6-16H,5,17H2,1-4H3,(H,33,36). The van der Waals surface area contributed by atoms with Crippen molar-refractivity contribution in [3.05, 3.63) is 91.4 Å². The third-order valence-electron chi connectivity index (χ3n) is 5.54. The quantitative estimate of drug-likeness (QED) is 0.218. The summed E-state index contributed by atoms with van der Waals surface area (Å²) >= 11 is 6.96. The number of anilines is 1. The van der Waals surface area contributed by atoms with Gasteiger partial charge in [-0.25, -0.2) is 4.98 Å². The summed E-state index contributed by atoms with van der Waals surface area (Å²) in [5.41, 5.74) is 1.25. The average Bonchev–Trinajstić information content (AvgIpc) is 2.88. The number of halogens is 2. The first-order valence-electron chi connectivity index (χ1n) is 12.3. The highest BCUT2D eigenvalue weighted by molar-refractivity contribution is 9.10. The number of nitrogens with one attached hydrogen (secondary N) is 1. The SMILES string of the molecule is CCOc1cc(C=Nn2c(C(C)(C)C)nc3ccc(Br)cc3c2=O)cc(Br)c1OCC(=O)Nc1ccccc1. The van der Waals surface area contributed by atoms with Crippen LogP contribution < -0.4 is 20.3 Å². The lowest BCUT2D eigenvalue weighted by molar-refractivity contribution is -0.118. The molecule has 0 bridgehead atoms. The second-order valence-electron chi connectivity index (χ2n) is 9.67. The maximum Gasteiger partial charge on any atom is 0.282 e. The summed E-state index contributed by atoms with van der Waals surface area (Å²) in [6.07, 6.45) is 1.57. The Labute approximate surface area is 243 Å². The number of fused-ring (bicyclic) bond motifs is 1. The van der Waals surface area contributed by atoms with Gasteiger partial charge in [-0.2, -0.15) is 9.78 Å². The zero-order valence-electron chi connectivity index (χ0n) is 22.0. The number of carbonyl (C=O) groups excluding carboxylic acids is 1. The largest absolute Gasteiger partial charge is 0.490 e. The van der Waals surface area contributed by atoms with Gasteiger partial charge in [-0.05, 0) is 70.9 Å². The monoisotopic (exact) mass is 654 g/mol. The Hall–Kier alpha value is -3.50. The molecule has 0 saturated carbocycles. The molecule has 1 amide bonds. The summed E-state index contributed by atoms with van der Waals surface area (Å²) in [5, 5.41) is 7.79. The molecule has 1 heterocycles. The van der Waals surface area contributed by atoms with Crippen LogP contribution in [-0.2, 0) is 10.2 Å². The number of hydrogen-bond donors (Lipinski definition) is 1. The van der Waals surface area contributed by atoms with E-state index in [2.05, 4.69) is 42.3 Å². The van der Waals surface area contributed by atoms with Crippen LogP contribution in [0.4, 0.5) is 5.69 Å². The minimum absolute atomic E-state index is 0.205. The summed E-state index contributed by atoms with van der Waals surface area (Å²) < 4.78 is 14.3. The molecule has 0 atom stereocenters. The lowest BCUT2D eigenvalue weighted by Crippen LogP contribution is -2.29. The molecule has 0 fully saturated rings. The van der Waals surface area contributed by atoms with E-state index < -0.39 is 5.41 Å². The van der Waals surface area contributed by atoms with Gasteiger partial charge in [0.2, 0.25) is 0 Å². The number of amides is 1. The number of ether oxygens (including phenoxy) is 2. The fraction of sp³-hybridized carbons (Fsp3) is 0.241. The lowest BCUT2D eigenvalue weighted by Gasteiger charge is -2.21. The van der Waals surface area contributed by atoms with Gasteiger partial charge >= 0.3 is 0 Å². The highest BCUT2D eigenvalue weighted by Crippen LogP contribution is 2.36. The van der Waals surface area contributed by atoms with Crippen molar-refractivity contribution < 1.29 is 14.3 Å². The van der Waals surface area contributed by atoms with E-state index in [1.54, 1.807) is 36.5 Å². The summed E-state index contributed by atoms with van der Waals surface area (Å²) in [5.74, 6) is 1.06. The molecule has 0 radical (unpaired) electrons. The van der Waals surface area contributed by atoms with Gasteiger partial charge in [0.15, 0.2) is 18.1 Å². The van der Waals surface area contributed by atoms with Crippen molar-refractivity contribution >= 4 is 60.6 Å². The Morgan fingerprint density at radius 1 is 1.08 bits per heavy atom. The van der Waals surface area contributed by atoms with Gasteiger partial charge in [-0.15, -0.1) is 0 Å². The summed E-state index contributed by atoms with van der Waals surface area (Å²) in [4.78, 5) is 30.6. The van der Waals surface area contributed by atoms with Crippen LogP contribution in [0.25, 0.3) is 10.9 Å². The van der Waals surface area contributed by atoms with Gasteiger partial charge < -0.3 is 14.8 Å². The topological polar surface area (TPSA) is 94.8 Å². The second kappa shape index (κ2) is 12.1. The Balaban J connectivity index is 1.65. The first-order valence-corrected chi connectivity index (χ1v) is 13.9. The van der Waals surface area contributed by atoms with Crippen molar-refractivity contribution in [3.8, 4) is 11.5 Å². The van der Waals surface area contributed by atoms with Crippen LogP contribution in [0.1, 0.15) is 39.1 Å². The molecule has 202 valence electrons. The van der Waals surface area contributed by atoms with Gasteiger partial charge in [-0.3, -0.25) is 9.59 Å². The zero-order valence-corrected chi connectivity index (χ0v) is 25.2. The molecule has 1 N–H and O–H groups in total. The minimum atomic E-state index is -0.438. The fourth-order valence-electron chi connectivity index (χ4n) is 3.79. The number of hydrogen-bond acceptors (Lipinski definition) is 6. The molecule has 0 aliphatic rings. The molecule has 3 aromatic carbocycles. The predicted octanol–water partition coefficient (Wildman–Crippen LogP) is 6.52. The van der Waals surface area contributed by atoms with Crippen LogP contribution in [0, 0.1) is 0 Å². The molecule has 4 aromatic rings. The van der Waals surface area contributed by atoms with Crippen molar-refractivity contribution in [2.24, 2.45) is 5.10 Å². The summed E-state index contributed by atoms with van der Waals surface area (Å²) in [7, 11) is 0. The van der Waals surface area contributed by atoms with Crippen LogP contribution in [-0.4, -0.2) is 35.0 Å². The van der Waals surface area contributed by atoms with Crippen molar-refractivity contribution in [2.45, 2.75) is 33.1 Å². The van der Waals surface area contributed by atoms with E-state index in [1.807, 2.05) is 58.0 Å². The van der Waals surface area contributed by atoms with Crippen molar-refractivity contribution in [2.75, 3.05) is 18.5 Å². The first kappa shape index (κ1) is 28.5. The van der Waals surface area contributed by atoms with E-state index in [0.29, 0.717) is 50.6 Å². The minimum Gasteiger partial charge on any atom is -0.490 e. The lowest BCUT2D eigenvalue weighted by atomic mass is 9.95. The van der Waals surface area contributed by atoms with Crippen molar-refractivity contribution in [1.29, 1.82) is 0 Å². The Kier molecular flexibility index (Phi) is 8.87. The molecular formula is C29H28Br2N4O4. The van der Waals surface area contributed by atoms with Crippen LogP contribution in [0.5, 0.6) is 11.5 Å². The Bertz CT molecular complexity index is 1600. The third-order valence-corrected chi connectivity index (χ3v) is 6.62. The highest BCUT2D eigenvalue weighted by Gasteiger charge is 2.23. The van der Waals surface area contributed by atoms with E-state index in [9.17, 15) is 9.59 Å². The van der Waals surface area contributed by atoms with Crippen LogP contribution in [0.2, 0.25) is 0 Å². The number of rotatable bonds is 8. The zero-order chi connectivity index (χ0) is 28.2. The smallest absolute Gasteiger partial charge is 0.282 e. The molecule has 8 nitrogen and oxygen atoms in total. The van der Waals surface area contributed by atoms with E-state index in [-0.39, 0.29) is 18.1 Å². The van der Waals surface area contributed by atoms with Crippen LogP contribution in [0.15, 0.2) is 79.5 Å². The van der Waals surface area contributed by atoms with Gasteiger partial charge in [0.25, 0.3) is 11.5 Å². The molecule has 0 saturated heterocycles. The van der Waals surface area contributed by atoms with Gasteiger partial charge in [0, 0.05) is 15.6 Å². The number of carbonyl (C=O) groups is 1. The molecule has 0 spiro atoms. The van der Waals surface area contributed by atoms with Gasteiger partial charge in [0.05, 0.1) is 28.2 Å². The number of aromatic nitrogens is 2. The first-order chi connectivity index (χ1) is 18.6. The van der Waals surface area contributed by atoms with Crippen LogP contribution >= 0.6 is 31.9 Å². The predicted molar refractivity (Wildman–Crippen MR) is 161 cm³/mol. The molecule has 0 aliphatic carbocycles. The molecule has 1 aromatic heterocycles. The van der Waals surface area contributed by atoms with Crippen LogP contribution in [0.3, 0.4) is 0 Å². The Morgan fingerprint density at radius 2 is 1.82 bits per heavy atom. The van der Waals surface area contributed by atoms with Gasteiger partial charge in [-0.1, -0.05) is 54.9 Å². The van der Waals surface area contributed by atoms with E-state index in [1.165, 1.54) is 4.68 Å². The maximum atomic E-state index is 13.4. The number of para-hydroxylation sites is 1. The average molecular weight is 656 g/mol. The third kappa shape index (κ3) is 6.93. The van der Waals surface area contributed by atoms with E-state index in [4.69, 9.17) is 14.5 Å². The molecule has 39 heavy (non-hydrogen) atoms. The van der Waals surface area contributed by atoms with Crippen molar-refractivity contribution in [1.82, 2.24) is 9.66 Å². The van der Waals surface area contributed by atoms with Gasteiger partial charge in [0.1, 0.15) is 5.82 Å². The highest BCUT2D eigenvalue weighted by atomic mass is 79.9. The number of nitrogens with zero attached hydrogens (tertiary/aromatic N) is 3. The molecule has 0 unspecified atom stereocenters. The van der Waals surface area contributed by atoms with E-state index >= 15 is 0 Å². The molecular weight excluding hydrogens is 628 g/mol.